The van der Waals surface area contributed by atoms with Gasteiger partial charge in [-0.1, -0.05) is 39.7 Å². The lowest BCUT2D eigenvalue weighted by Gasteiger charge is -2.14. The molecule has 2 nitrogen and oxygen atoms in total. The summed E-state index contributed by atoms with van der Waals surface area (Å²) >= 11 is 11.9. The number of rotatable bonds is 3. The molecule has 0 aliphatic rings. The lowest BCUT2D eigenvalue weighted by Crippen LogP contribution is -2.15. The van der Waals surface area contributed by atoms with Gasteiger partial charge >= 0.3 is 6.18 Å². The Hall–Kier alpha value is -0.970. The van der Waals surface area contributed by atoms with E-state index in [1.54, 1.807) is 24.3 Å². The molecular weight excluding hydrogens is 448 g/mol. The van der Waals surface area contributed by atoms with Gasteiger partial charge in [-0.05, 0) is 33.6 Å². The third-order valence-corrected chi connectivity index (χ3v) is 4.39. The Labute approximate surface area is 146 Å². The van der Waals surface area contributed by atoms with Crippen molar-refractivity contribution >= 4 is 43.5 Å². The summed E-state index contributed by atoms with van der Waals surface area (Å²) in [6, 6.07) is 8.19. The van der Waals surface area contributed by atoms with E-state index in [-0.39, 0.29) is 22.3 Å². The molecule has 0 N–H and O–H groups in total. The smallest absolute Gasteiger partial charge is 0.334 e. The highest BCUT2D eigenvalue weighted by Gasteiger charge is 2.40. The highest BCUT2D eigenvalue weighted by Crippen LogP contribution is 2.43. The van der Waals surface area contributed by atoms with Crippen LogP contribution >= 0.6 is 43.5 Å². The second-order valence-corrected chi connectivity index (χ2v) is 6.37. The van der Waals surface area contributed by atoms with Gasteiger partial charge in [0.15, 0.2) is 0 Å². The second kappa shape index (κ2) is 6.65. The molecule has 22 heavy (non-hydrogen) atoms. The average molecular weight is 456 g/mol. The van der Waals surface area contributed by atoms with Gasteiger partial charge in [-0.3, -0.25) is 0 Å². The highest BCUT2D eigenvalue weighted by atomic mass is 79.9. The van der Waals surface area contributed by atoms with E-state index < -0.39 is 11.9 Å². The molecule has 8 heteroatoms. The van der Waals surface area contributed by atoms with Crippen LogP contribution in [0.25, 0.3) is 11.3 Å². The Morgan fingerprint density at radius 2 is 1.82 bits per heavy atom. The van der Waals surface area contributed by atoms with Gasteiger partial charge in [-0.2, -0.15) is 18.4 Å². The van der Waals surface area contributed by atoms with E-state index in [4.69, 9.17) is 11.6 Å². The Morgan fingerprint density at radius 3 is 2.27 bits per heavy atom. The first kappa shape index (κ1) is 17.4. The van der Waals surface area contributed by atoms with E-state index in [1.165, 1.54) is 0 Å². The molecule has 0 saturated heterocycles. The Kier molecular flexibility index (Phi) is 5.25. The molecule has 0 radical (unpaired) electrons. The SMILES string of the molecule is N#Cc1c(Br)c(C(F)(F)F)n(CCBr)c1-c1ccc(Cl)cc1. The zero-order valence-electron chi connectivity index (χ0n) is 10.9. The Bertz CT molecular complexity index is 731. The van der Waals surface area contributed by atoms with Crippen molar-refractivity contribution in [3.05, 3.63) is 45.0 Å². The molecule has 0 atom stereocenters. The van der Waals surface area contributed by atoms with Crippen molar-refractivity contribution in [2.45, 2.75) is 12.7 Å². The number of nitrogens with zero attached hydrogens (tertiary/aromatic N) is 2. The van der Waals surface area contributed by atoms with Crippen LogP contribution in [-0.2, 0) is 12.7 Å². The molecule has 0 spiro atoms. The quantitative estimate of drug-likeness (QED) is 0.532. The molecule has 1 aromatic heterocycles. The van der Waals surface area contributed by atoms with E-state index in [1.807, 2.05) is 6.07 Å². The first-order chi connectivity index (χ1) is 10.3. The third-order valence-electron chi connectivity index (χ3n) is 3.01. The van der Waals surface area contributed by atoms with E-state index >= 15 is 0 Å². The zero-order valence-corrected chi connectivity index (χ0v) is 14.8. The van der Waals surface area contributed by atoms with E-state index in [0.29, 0.717) is 15.9 Å². The lowest BCUT2D eigenvalue weighted by molar-refractivity contribution is -0.143. The predicted molar refractivity (Wildman–Crippen MR) is 86.1 cm³/mol. The van der Waals surface area contributed by atoms with Crippen LogP contribution in [0.4, 0.5) is 13.2 Å². The Morgan fingerprint density at radius 1 is 1.23 bits per heavy atom. The van der Waals surface area contributed by atoms with Gasteiger partial charge < -0.3 is 4.57 Å². The van der Waals surface area contributed by atoms with Gasteiger partial charge in [-0.25, -0.2) is 0 Å². The van der Waals surface area contributed by atoms with Crippen molar-refractivity contribution in [1.82, 2.24) is 4.57 Å². The molecule has 1 heterocycles. The summed E-state index contributed by atoms with van der Waals surface area (Å²) in [4.78, 5) is 0. The fourth-order valence-electron chi connectivity index (χ4n) is 2.18. The van der Waals surface area contributed by atoms with Crippen molar-refractivity contribution in [2.75, 3.05) is 5.33 Å². The number of benzene rings is 1. The van der Waals surface area contributed by atoms with Crippen molar-refractivity contribution in [3.8, 4) is 17.3 Å². The molecule has 0 amide bonds. The van der Waals surface area contributed by atoms with Gasteiger partial charge in [0, 0.05) is 16.9 Å². The van der Waals surface area contributed by atoms with Crippen LogP contribution < -0.4 is 0 Å². The summed E-state index contributed by atoms with van der Waals surface area (Å²) in [5.41, 5.74) is -0.194. The van der Waals surface area contributed by atoms with Crippen molar-refractivity contribution in [1.29, 1.82) is 5.26 Å². The van der Waals surface area contributed by atoms with Crippen LogP contribution in [-0.4, -0.2) is 9.90 Å². The topological polar surface area (TPSA) is 28.7 Å². The molecule has 0 aliphatic heterocycles. The lowest BCUT2D eigenvalue weighted by atomic mass is 10.1. The van der Waals surface area contributed by atoms with Gasteiger partial charge in [0.25, 0.3) is 0 Å². The highest BCUT2D eigenvalue weighted by molar-refractivity contribution is 9.10. The average Bonchev–Trinajstić information content (AvgIpc) is 2.72. The van der Waals surface area contributed by atoms with Crippen LogP contribution in [0.1, 0.15) is 11.3 Å². The predicted octanol–water partition coefficient (Wildman–Crippen LogP) is 5.86. The monoisotopic (exact) mass is 454 g/mol. The first-order valence-electron chi connectivity index (χ1n) is 6.02. The molecule has 0 bridgehead atoms. The molecule has 2 aromatic rings. The van der Waals surface area contributed by atoms with Crippen LogP contribution in [0, 0.1) is 11.3 Å². The molecule has 2 rings (SSSR count). The number of alkyl halides is 4. The third kappa shape index (κ3) is 3.19. The maximum atomic E-state index is 13.3. The molecular formula is C14H8Br2ClF3N2. The maximum Gasteiger partial charge on any atom is 0.432 e. The largest absolute Gasteiger partial charge is 0.432 e. The number of hydrogen-bond donors (Lipinski definition) is 0. The number of aromatic nitrogens is 1. The summed E-state index contributed by atoms with van der Waals surface area (Å²) in [7, 11) is 0. The molecule has 0 saturated carbocycles. The summed E-state index contributed by atoms with van der Waals surface area (Å²) in [5.74, 6) is 0. The van der Waals surface area contributed by atoms with Crippen LogP contribution in [0.15, 0.2) is 28.7 Å². The second-order valence-electron chi connectivity index (χ2n) is 4.34. The fourth-order valence-corrected chi connectivity index (χ4v) is 3.38. The van der Waals surface area contributed by atoms with Crippen LogP contribution in [0.5, 0.6) is 0 Å². The first-order valence-corrected chi connectivity index (χ1v) is 8.31. The minimum absolute atomic E-state index is 0.0457. The van der Waals surface area contributed by atoms with Gasteiger partial charge in [0.2, 0.25) is 0 Å². The van der Waals surface area contributed by atoms with Crippen molar-refractivity contribution in [3.63, 3.8) is 0 Å². The van der Waals surface area contributed by atoms with E-state index in [0.717, 1.165) is 4.57 Å². The summed E-state index contributed by atoms with van der Waals surface area (Å²) in [5, 5.41) is 10.1. The zero-order chi connectivity index (χ0) is 16.5. The molecule has 1 aromatic carbocycles. The number of halogens is 6. The fraction of sp³-hybridized carbons (Fsp3) is 0.214. The molecule has 0 fully saturated rings. The van der Waals surface area contributed by atoms with Gasteiger partial charge in [-0.15, -0.1) is 0 Å². The number of hydrogen-bond acceptors (Lipinski definition) is 1. The normalized spacial score (nSPS) is 11.5. The van der Waals surface area contributed by atoms with Crippen molar-refractivity contribution < 1.29 is 13.2 Å². The van der Waals surface area contributed by atoms with Gasteiger partial charge in [0.05, 0.1) is 15.7 Å². The maximum absolute atomic E-state index is 13.3. The Balaban J connectivity index is 2.82. The standard InChI is InChI=1S/C14H8Br2ClF3N2/c15-5-6-22-12(8-1-3-9(17)4-2-8)10(7-21)11(16)13(22)14(18,19)20/h1-4H,5-6H2. The summed E-state index contributed by atoms with van der Waals surface area (Å²) < 4.78 is 40.9. The summed E-state index contributed by atoms with van der Waals surface area (Å²) in [6.45, 7) is 0.0765. The minimum atomic E-state index is -4.57. The summed E-state index contributed by atoms with van der Waals surface area (Å²) in [6.07, 6.45) is -4.57. The minimum Gasteiger partial charge on any atom is -0.334 e. The van der Waals surface area contributed by atoms with Crippen LogP contribution in [0.2, 0.25) is 5.02 Å². The van der Waals surface area contributed by atoms with Crippen LogP contribution in [0.3, 0.4) is 0 Å². The van der Waals surface area contributed by atoms with Crippen molar-refractivity contribution in [2.24, 2.45) is 0 Å². The van der Waals surface area contributed by atoms with E-state index in [9.17, 15) is 18.4 Å². The van der Waals surface area contributed by atoms with Gasteiger partial charge in [0.1, 0.15) is 11.8 Å². The molecule has 116 valence electrons. The number of nitriles is 1. The molecule has 0 unspecified atom stereocenters. The molecule has 0 aliphatic carbocycles. The van der Waals surface area contributed by atoms with E-state index in [2.05, 4.69) is 31.9 Å².